The van der Waals surface area contributed by atoms with Gasteiger partial charge in [-0.15, -0.1) is 0 Å². The highest BCUT2D eigenvalue weighted by Gasteiger charge is 2.28. The van der Waals surface area contributed by atoms with E-state index in [0.29, 0.717) is 30.2 Å². The summed E-state index contributed by atoms with van der Waals surface area (Å²) in [6.07, 6.45) is -0.225. The van der Waals surface area contributed by atoms with E-state index < -0.39 is 11.6 Å². The van der Waals surface area contributed by atoms with Crippen LogP contribution in [0, 0.1) is 11.6 Å². The smallest absolute Gasteiger partial charge is 0.297 e. The van der Waals surface area contributed by atoms with Crippen molar-refractivity contribution >= 4 is 11.0 Å². The van der Waals surface area contributed by atoms with Gasteiger partial charge in [0.1, 0.15) is 12.4 Å². The van der Waals surface area contributed by atoms with Gasteiger partial charge in [-0.05, 0) is 23.1 Å². The van der Waals surface area contributed by atoms with Gasteiger partial charge in [-0.1, -0.05) is 32.9 Å². The summed E-state index contributed by atoms with van der Waals surface area (Å²) in [6, 6.07) is 10.6. The number of nitrogens with zero attached hydrogens (tertiary/aromatic N) is 2. The highest BCUT2D eigenvalue weighted by atomic mass is 19.2. The zero-order valence-electron chi connectivity index (χ0n) is 14.9. The molecule has 0 saturated carbocycles. The number of hydrogen-bond acceptors (Lipinski definition) is 3. The van der Waals surface area contributed by atoms with Crippen LogP contribution >= 0.6 is 0 Å². The van der Waals surface area contributed by atoms with Crippen molar-refractivity contribution in [1.29, 1.82) is 0 Å². The zero-order chi connectivity index (χ0) is 18.5. The molecule has 0 radical (unpaired) electrons. The average Bonchev–Trinajstić information content (AvgIpc) is 3.11. The maximum absolute atomic E-state index is 13.5. The molecule has 6 heteroatoms. The van der Waals surface area contributed by atoms with Gasteiger partial charge in [0.15, 0.2) is 17.7 Å². The Morgan fingerprint density at radius 2 is 1.85 bits per heavy atom. The first-order chi connectivity index (χ1) is 12.3. The van der Waals surface area contributed by atoms with Crippen molar-refractivity contribution in [2.24, 2.45) is 0 Å². The molecule has 2 aromatic carbocycles. The van der Waals surface area contributed by atoms with E-state index in [1.165, 1.54) is 5.56 Å². The largest absolute Gasteiger partial charge is 0.490 e. The van der Waals surface area contributed by atoms with E-state index in [1.807, 2.05) is 12.1 Å². The SMILES string of the molecule is CC(C)(C)c1ccc(OC[C@@H]2Cn3c(nc4cc(F)c(F)cc43)O2)cc1. The van der Waals surface area contributed by atoms with Crippen molar-refractivity contribution in [3.63, 3.8) is 0 Å². The summed E-state index contributed by atoms with van der Waals surface area (Å²) in [7, 11) is 0. The van der Waals surface area contributed by atoms with Gasteiger partial charge >= 0.3 is 0 Å². The highest BCUT2D eigenvalue weighted by molar-refractivity contribution is 5.77. The second-order valence-corrected chi connectivity index (χ2v) is 7.59. The maximum Gasteiger partial charge on any atom is 0.297 e. The molecule has 0 bridgehead atoms. The van der Waals surface area contributed by atoms with E-state index in [0.717, 1.165) is 17.9 Å². The molecule has 4 nitrogen and oxygen atoms in total. The molecule has 4 rings (SSSR count). The Hall–Kier alpha value is -2.63. The van der Waals surface area contributed by atoms with Crippen molar-refractivity contribution in [3.05, 3.63) is 53.6 Å². The van der Waals surface area contributed by atoms with Crippen molar-refractivity contribution < 1.29 is 18.3 Å². The molecule has 0 saturated heterocycles. The lowest BCUT2D eigenvalue weighted by molar-refractivity contribution is 0.144. The fourth-order valence-corrected chi connectivity index (χ4v) is 3.08. The van der Waals surface area contributed by atoms with Gasteiger partial charge in [0, 0.05) is 12.1 Å². The second-order valence-electron chi connectivity index (χ2n) is 7.59. The second kappa shape index (κ2) is 5.97. The lowest BCUT2D eigenvalue weighted by Gasteiger charge is -2.19. The van der Waals surface area contributed by atoms with Crippen molar-refractivity contribution in [2.75, 3.05) is 6.61 Å². The van der Waals surface area contributed by atoms with E-state index in [2.05, 4.69) is 37.9 Å². The van der Waals surface area contributed by atoms with Gasteiger partial charge in [0.05, 0.1) is 17.6 Å². The van der Waals surface area contributed by atoms with Crippen molar-refractivity contribution in [1.82, 2.24) is 9.55 Å². The Kier molecular flexibility index (Phi) is 3.86. The summed E-state index contributed by atoms with van der Waals surface area (Å²) in [5.41, 5.74) is 2.24. The minimum atomic E-state index is -0.909. The van der Waals surface area contributed by atoms with Gasteiger partial charge in [0.25, 0.3) is 6.01 Å². The van der Waals surface area contributed by atoms with E-state index in [4.69, 9.17) is 9.47 Å². The molecule has 0 amide bonds. The summed E-state index contributed by atoms with van der Waals surface area (Å²) < 4.78 is 40.1. The zero-order valence-corrected chi connectivity index (χ0v) is 14.9. The Morgan fingerprint density at radius 3 is 2.54 bits per heavy atom. The highest BCUT2D eigenvalue weighted by Crippen LogP contribution is 2.30. The molecule has 1 aromatic heterocycles. The molecule has 2 heterocycles. The van der Waals surface area contributed by atoms with Crippen LogP contribution in [0.2, 0.25) is 0 Å². The lowest BCUT2D eigenvalue weighted by atomic mass is 9.87. The fourth-order valence-electron chi connectivity index (χ4n) is 3.08. The maximum atomic E-state index is 13.5. The first kappa shape index (κ1) is 16.8. The van der Waals surface area contributed by atoms with Crippen LogP contribution in [-0.2, 0) is 12.0 Å². The summed E-state index contributed by atoms with van der Waals surface area (Å²) in [6.45, 7) is 7.32. The van der Waals surface area contributed by atoms with Crippen LogP contribution in [0.5, 0.6) is 11.8 Å². The molecule has 1 aliphatic rings. The van der Waals surface area contributed by atoms with Gasteiger partial charge < -0.3 is 9.47 Å². The predicted octanol–water partition coefficient (Wildman–Crippen LogP) is 4.45. The number of halogens is 2. The standard InChI is InChI=1S/C20H20F2N2O2/c1-20(2,3)12-4-6-13(7-5-12)25-11-14-10-24-18-9-16(22)15(21)8-17(18)23-19(24)26-14/h4-9,14H,10-11H2,1-3H3/t14-/m0/s1. The number of hydrogen-bond donors (Lipinski definition) is 0. The molecular weight excluding hydrogens is 338 g/mol. The number of fused-ring (bicyclic) bond motifs is 3. The number of imidazole rings is 1. The number of ether oxygens (including phenoxy) is 2. The third-order valence-corrected chi connectivity index (χ3v) is 4.57. The number of benzene rings is 2. The van der Waals surface area contributed by atoms with Gasteiger partial charge in [-0.25, -0.2) is 8.78 Å². The van der Waals surface area contributed by atoms with Gasteiger partial charge in [0.2, 0.25) is 0 Å². The molecule has 3 aromatic rings. The minimum Gasteiger partial charge on any atom is -0.490 e. The Balaban J connectivity index is 1.43. The number of rotatable bonds is 3. The summed E-state index contributed by atoms with van der Waals surface area (Å²) in [4.78, 5) is 4.22. The third kappa shape index (κ3) is 3.00. The molecule has 136 valence electrons. The van der Waals surface area contributed by atoms with Crippen molar-refractivity contribution in [3.8, 4) is 11.8 Å². The molecule has 1 aliphatic heterocycles. The molecule has 0 spiro atoms. The van der Waals surface area contributed by atoms with Crippen LogP contribution in [0.4, 0.5) is 8.78 Å². The van der Waals surface area contributed by atoms with E-state index in [-0.39, 0.29) is 11.5 Å². The first-order valence-electron chi connectivity index (χ1n) is 8.56. The van der Waals surface area contributed by atoms with E-state index in [1.54, 1.807) is 4.57 Å². The molecule has 0 aliphatic carbocycles. The molecule has 26 heavy (non-hydrogen) atoms. The minimum absolute atomic E-state index is 0.0953. The van der Waals surface area contributed by atoms with Crippen molar-refractivity contribution in [2.45, 2.75) is 38.8 Å². The fraction of sp³-hybridized carbons (Fsp3) is 0.350. The van der Waals surface area contributed by atoms with Crippen LogP contribution in [0.25, 0.3) is 11.0 Å². The van der Waals surface area contributed by atoms with Crippen LogP contribution < -0.4 is 9.47 Å². The molecule has 0 unspecified atom stereocenters. The summed E-state index contributed by atoms with van der Waals surface area (Å²) in [5.74, 6) is -1.03. The van der Waals surface area contributed by atoms with Gasteiger partial charge in [-0.2, -0.15) is 4.98 Å². The van der Waals surface area contributed by atoms with E-state index in [9.17, 15) is 8.78 Å². The lowest BCUT2D eigenvalue weighted by Crippen LogP contribution is -2.23. The predicted molar refractivity (Wildman–Crippen MR) is 94.7 cm³/mol. The Bertz CT molecular complexity index is 959. The van der Waals surface area contributed by atoms with Crippen LogP contribution in [0.1, 0.15) is 26.3 Å². The molecule has 1 atom stereocenters. The third-order valence-electron chi connectivity index (χ3n) is 4.57. The molecule has 0 fully saturated rings. The number of aromatic nitrogens is 2. The first-order valence-corrected chi connectivity index (χ1v) is 8.56. The van der Waals surface area contributed by atoms with Crippen LogP contribution in [-0.4, -0.2) is 22.3 Å². The van der Waals surface area contributed by atoms with E-state index >= 15 is 0 Å². The van der Waals surface area contributed by atoms with Crippen LogP contribution in [0.3, 0.4) is 0 Å². The molecule has 0 N–H and O–H groups in total. The topological polar surface area (TPSA) is 36.3 Å². The summed E-state index contributed by atoms with van der Waals surface area (Å²) in [5, 5.41) is 0. The quantitative estimate of drug-likeness (QED) is 0.694. The average molecular weight is 358 g/mol. The monoisotopic (exact) mass is 358 g/mol. The Morgan fingerprint density at radius 1 is 1.15 bits per heavy atom. The Labute approximate surface area is 150 Å². The van der Waals surface area contributed by atoms with Crippen LogP contribution in [0.15, 0.2) is 36.4 Å². The molecular formula is C20H20F2N2O2. The normalized spacial score (nSPS) is 16.6. The summed E-state index contributed by atoms with van der Waals surface area (Å²) >= 11 is 0. The van der Waals surface area contributed by atoms with Gasteiger partial charge in [-0.3, -0.25) is 4.57 Å².